The van der Waals surface area contributed by atoms with Gasteiger partial charge in [-0.1, -0.05) is 54.6 Å². The zero-order valence-electron chi connectivity index (χ0n) is 12.7. The van der Waals surface area contributed by atoms with Crippen LogP contribution in [0.15, 0.2) is 54.6 Å². The predicted molar refractivity (Wildman–Crippen MR) is 84.9 cm³/mol. The maximum atomic E-state index is 9.75. The summed E-state index contributed by atoms with van der Waals surface area (Å²) in [5, 5.41) is 13.2. The Labute approximate surface area is 126 Å². The average Bonchev–Trinajstić information content (AvgIpc) is 2.55. The first-order valence-corrected chi connectivity index (χ1v) is 7.16. The molecule has 0 aliphatic carbocycles. The SMILES string of the molecule is COCc1ccc(CNC(C)(CO)c2ccccc2)cc1. The van der Waals surface area contributed by atoms with Crippen LogP contribution in [-0.2, 0) is 23.4 Å². The Morgan fingerprint density at radius 1 is 1.00 bits per heavy atom. The van der Waals surface area contributed by atoms with E-state index in [4.69, 9.17) is 4.74 Å². The molecule has 2 N–H and O–H groups in total. The molecule has 3 nitrogen and oxygen atoms in total. The highest BCUT2D eigenvalue weighted by Crippen LogP contribution is 2.20. The van der Waals surface area contributed by atoms with Crippen LogP contribution in [0, 0.1) is 0 Å². The Hall–Kier alpha value is -1.68. The van der Waals surface area contributed by atoms with Crippen molar-refractivity contribution >= 4 is 0 Å². The summed E-state index contributed by atoms with van der Waals surface area (Å²) in [6, 6.07) is 18.3. The average molecular weight is 285 g/mol. The maximum absolute atomic E-state index is 9.75. The first kappa shape index (κ1) is 15.7. The lowest BCUT2D eigenvalue weighted by Crippen LogP contribution is -2.42. The summed E-state index contributed by atoms with van der Waals surface area (Å²) in [5.41, 5.74) is 3.00. The van der Waals surface area contributed by atoms with Crippen molar-refractivity contribution in [2.45, 2.75) is 25.6 Å². The molecule has 0 aromatic heterocycles. The van der Waals surface area contributed by atoms with Crippen LogP contribution in [0.2, 0.25) is 0 Å². The fourth-order valence-electron chi connectivity index (χ4n) is 2.27. The van der Waals surface area contributed by atoms with E-state index in [1.54, 1.807) is 7.11 Å². The van der Waals surface area contributed by atoms with Crippen LogP contribution in [0.25, 0.3) is 0 Å². The van der Waals surface area contributed by atoms with Crippen molar-refractivity contribution < 1.29 is 9.84 Å². The van der Waals surface area contributed by atoms with Crippen molar-refractivity contribution in [1.82, 2.24) is 5.32 Å². The van der Waals surface area contributed by atoms with Gasteiger partial charge in [0.05, 0.1) is 18.8 Å². The normalized spacial score (nSPS) is 13.9. The van der Waals surface area contributed by atoms with Crippen LogP contribution < -0.4 is 5.32 Å². The van der Waals surface area contributed by atoms with E-state index in [0.717, 1.165) is 11.1 Å². The number of aliphatic hydroxyl groups is 1. The molecule has 0 spiro atoms. The fraction of sp³-hybridized carbons (Fsp3) is 0.333. The number of rotatable bonds is 7. The molecule has 0 aliphatic heterocycles. The van der Waals surface area contributed by atoms with Crippen LogP contribution in [0.5, 0.6) is 0 Å². The van der Waals surface area contributed by atoms with E-state index in [2.05, 4.69) is 29.6 Å². The molecule has 0 saturated heterocycles. The standard InChI is InChI=1S/C18H23NO2/c1-18(14-20,17-6-4-3-5-7-17)19-12-15-8-10-16(11-9-15)13-21-2/h3-11,19-20H,12-14H2,1-2H3. The Morgan fingerprint density at radius 2 is 1.62 bits per heavy atom. The molecule has 0 bridgehead atoms. The highest BCUT2D eigenvalue weighted by Gasteiger charge is 2.24. The minimum absolute atomic E-state index is 0.0543. The number of benzene rings is 2. The number of hydrogen-bond acceptors (Lipinski definition) is 3. The van der Waals surface area contributed by atoms with Crippen molar-refractivity contribution in [3.8, 4) is 0 Å². The zero-order chi connectivity index (χ0) is 15.1. The molecule has 0 fully saturated rings. The van der Waals surface area contributed by atoms with Gasteiger partial charge in [0.15, 0.2) is 0 Å². The minimum Gasteiger partial charge on any atom is -0.394 e. The molecular formula is C18H23NO2. The lowest BCUT2D eigenvalue weighted by molar-refractivity contribution is 0.173. The lowest BCUT2D eigenvalue weighted by atomic mass is 9.92. The van der Waals surface area contributed by atoms with Crippen LogP contribution in [0.4, 0.5) is 0 Å². The van der Waals surface area contributed by atoms with Crippen molar-refractivity contribution in [2.24, 2.45) is 0 Å². The van der Waals surface area contributed by atoms with E-state index in [9.17, 15) is 5.11 Å². The van der Waals surface area contributed by atoms with E-state index < -0.39 is 5.54 Å². The van der Waals surface area contributed by atoms with Gasteiger partial charge < -0.3 is 15.2 Å². The number of methoxy groups -OCH3 is 1. The van der Waals surface area contributed by atoms with Gasteiger partial charge in [0.2, 0.25) is 0 Å². The molecule has 0 heterocycles. The predicted octanol–water partition coefficient (Wildman–Crippen LogP) is 2.83. The third kappa shape index (κ3) is 4.14. The summed E-state index contributed by atoms with van der Waals surface area (Å²) in [4.78, 5) is 0. The number of nitrogens with one attached hydrogen (secondary N) is 1. The monoisotopic (exact) mass is 285 g/mol. The van der Waals surface area contributed by atoms with Gasteiger partial charge in [-0.15, -0.1) is 0 Å². The minimum atomic E-state index is -0.438. The van der Waals surface area contributed by atoms with Gasteiger partial charge in [-0.3, -0.25) is 0 Å². The van der Waals surface area contributed by atoms with Gasteiger partial charge in [0, 0.05) is 13.7 Å². The van der Waals surface area contributed by atoms with Gasteiger partial charge in [-0.25, -0.2) is 0 Å². The van der Waals surface area contributed by atoms with Gasteiger partial charge >= 0.3 is 0 Å². The molecule has 112 valence electrons. The Balaban J connectivity index is 2.03. The van der Waals surface area contributed by atoms with Crippen molar-refractivity contribution in [3.05, 3.63) is 71.3 Å². The highest BCUT2D eigenvalue weighted by molar-refractivity contribution is 5.25. The summed E-state index contributed by atoms with van der Waals surface area (Å²) in [7, 11) is 1.70. The van der Waals surface area contributed by atoms with E-state index in [-0.39, 0.29) is 6.61 Å². The second kappa shape index (κ2) is 7.36. The highest BCUT2D eigenvalue weighted by atomic mass is 16.5. The Morgan fingerprint density at radius 3 is 2.19 bits per heavy atom. The summed E-state index contributed by atoms with van der Waals surface area (Å²) in [6.45, 7) is 3.41. The van der Waals surface area contributed by atoms with Gasteiger partial charge in [0.1, 0.15) is 0 Å². The number of hydrogen-bond donors (Lipinski definition) is 2. The first-order chi connectivity index (χ1) is 10.2. The first-order valence-electron chi connectivity index (χ1n) is 7.16. The summed E-state index contributed by atoms with van der Waals surface area (Å²) in [5.74, 6) is 0. The van der Waals surface area contributed by atoms with Crippen LogP contribution in [-0.4, -0.2) is 18.8 Å². The largest absolute Gasteiger partial charge is 0.394 e. The van der Waals surface area contributed by atoms with Gasteiger partial charge in [-0.2, -0.15) is 0 Å². The van der Waals surface area contributed by atoms with E-state index >= 15 is 0 Å². The fourth-order valence-corrected chi connectivity index (χ4v) is 2.27. The third-order valence-electron chi connectivity index (χ3n) is 3.74. The van der Waals surface area contributed by atoms with Crippen molar-refractivity contribution in [3.63, 3.8) is 0 Å². The summed E-state index contributed by atoms with van der Waals surface area (Å²) in [6.07, 6.45) is 0. The smallest absolute Gasteiger partial charge is 0.0713 e. The molecule has 2 rings (SSSR count). The second-order valence-corrected chi connectivity index (χ2v) is 5.46. The molecule has 1 atom stereocenters. The van der Waals surface area contributed by atoms with Crippen molar-refractivity contribution in [2.75, 3.05) is 13.7 Å². The second-order valence-electron chi connectivity index (χ2n) is 5.46. The molecule has 2 aromatic rings. The van der Waals surface area contributed by atoms with Gasteiger partial charge in [-0.05, 0) is 23.6 Å². The third-order valence-corrected chi connectivity index (χ3v) is 3.74. The Bertz CT molecular complexity index is 539. The van der Waals surface area contributed by atoms with Crippen LogP contribution in [0.1, 0.15) is 23.6 Å². The van der Waals surface area contributed by atoms with E-state index in [1.165, 1.54) is 5.56 Å². The molecule has 0 radical (unpaired) electrons. The molecule has 2 aromatic carbocycles. The molecule has 1 unspecified atom stereocenters. The van der Waals surface area contributed by atoms with Crippen LogP contribution >= 0.6 is 0 Å². The molecule has 3 heteroatoms. The molecule has 0 saturated carbocycles. The van der Waals surface area contributed by atoms with E-state index in [0.29, 0.717) is 13.2 Å². The quantitative estimate of drug-likeness (QED) is 0.822. The summed E-state index contributed by atoms with van der Waals surface area (Å²) < 4.78 is 5.11. The molecule has 0 amide bonds. The lowest BCUT2D eigenvalue weighted by Gasteiger charge is -2.29. The topological polar surface area (TPSA) is 41.5 Å². The van der Waals surface area contributed by atoms with Gasteiger partial charge in [0.25, 0.3) is 0 Å². The molecular weight excluding hydrogens is 262 g/mol. The molecule has 0 aliphatic rings. The van der Waals surface area contributed by atoms with Crippen molar-refractivity contribution in [1.29, 1.82) is 0 Å². The number of ether oxygens (including phenoxy) is 1. The maximum Gasteiger partial charge on any atom is 0.0713 e. The van der Waals surface area contributed by atoms with Crippen LogP contribution in [0.3, 0.4) is 0 Å². The zero-order valence-corrected chi connectivity index (χ0v) is 12.7. The number of aliphatic hydroxyl groups excluding tert-OH is 1. The Kier molecular flexibility index (Phi) is 5.51. The summed E-state index contributed by atoms with van der Waals surface area (Å²) >= 11 is 0. The molecule has 21 heavy (non-hydrogen) atoms. The van der Waals surface area contributed by atoms with E-state index in [1.807, 2.05) is 37.3 Å².